The number of fused-ring (bicyclic) bond motifs is 2. The van der Waals surface area contributed by atoms with Crippen LogP contribution < -0.4 is 4.90 Å². The van der Waals surface area contributed by atoms with Crippen LogP contribution in [0.25, 0.3) is 22.3 Å². The van der Waals surface area contributed by atoms with Gasteiger partial charge in [-0.15, -0.1) is 0 Å². The Morgan fingerprint density at radius 1 is 0.579 bits per heavy atom. The normalized spacial score (nSPS) is 21.1. The zero-order chi connectivity index (χ0) is 39.2. The van der Waals surface area contributed by atoms with Gasteiger partial charge in [-0.05, 0) is 103 Å². The highest BCUT2D eigenvalue weighted by molar-refractivity contribution is 6.01. The average Bonchev–Trinajstić information content (AvgIpc) is 3.62. The van der Waals surface area contributed by atoms with Crippen LogP contribution in [0.1, 0.15) is 70.1 Å². The Morgan fingerprint density at radius 2 is 1.14 bits per heavy atom. The lowest BCUT2D eigenvalue weighted by Gasteiger charge is -2.30. The van der Waals surface area contributed by atoms with Crippen LogP contribution in [-0.4, -0.2) is 23.4 Å². The van der Waals surface area contributed by atoms with E-state index in [1.165, 1.54) is 67.3 Å². The van der Waals surface area contributed by atoms with Gasteiger partial charge in [-0.1, -0.05) is 166 Å². The van der Waals surface area contributed by atoms with Crippen LogP contribution in [0.5, 0.6) is 0 Å². The predicted molar refractivity (Wildman–Crippen MR) is 243 cm³/mol. The van der Waals surface area contributed by atoms with E-state index >= 15 is 0 Å². The molecule has 57 heavy (non-hydrogen) atoms. The molecule has 8 rings (SSSR count). The number of anilines is 1. The zero-order valence-corrected chi connectivity index (χ0v) is 34.3. The minimum atomic E-state index is -0.157. The predicted octanol–water partition coefficient (Wildman–Crippen LogP) is 13.5. The molecule has 5 aromatic rings. The summed E-state index contributed by atoms with van der Waals surface area (Å²) in [7, 11) is 0. The maximum absolute atomic E-state index is 2.61. The van der Waals surface area contributed by atoms with Gasteiger partial charge in [0.15, 0.2) is 5.71 Å². The standard InChI is InChI=1S/C55H57N2/c1-5-38-56-50-26-18-16-24-48(50)54(3,40-42-30-34-46(35-31-42)44-20-10-7-11-21-44)52(56)28-14-9-15-29-53-55(4,49-25-17-19-27-51(49)57(53)39-6-2)41-43-32-36-47(37-33-43)45-22-12-8-13-23-45/h7-16,18,20-37H,5-6,17,19,38-41H2,1-4H3/q+1. The molecule has 0 fully saturated rings. The van der Waals surface area contributed by atoms with Crippen molar-refractivity contribution in [2.75, 3.05) is 18.0 Å². The molecule has 0 spiro atoms. The monoisotopic (exact) mass is 745 g/mol. The maximum Gasteiger partial charge on any atom is 0.205 e. The van der Waals surface area contributed by atoms with E-state index in [2.05, 4.69) is 213 Å². The van der Waals surface area contributed by atoms with Crippen molar-refractivity contribution in [2.24, 2.45) is 5.41 Å². The van der Waals surface area contributed by atoms with Crippen molar-refractivity contribution in [3.8, 4) is 22.3 Å². The second-order valence-electron chi connectivity index (χ2n) is 16.4. The van der Waals surface area contributed by atoms with Gasteiger partial charge < -0.3 is 4.90 Å². The molecule has 0 radical (unpaired) electrons. The summed E-state index contributed by atoms with van der Waals surface area (Å²) in [6.07, 6.45) is 22.9. The van der Waals surface area contributed by atoms with Crippen LogP contribution in [0.15, 0.2) is 193 Å². The van der Waals surface area contributed by atoms with Gasteiger partial charge in [-0.25, -0.2) is 0 Å². The van der Waals surface area contributed by atoms with Crippen molar-refractivity contribution in [3.05, 3.63) is 210 Å². The Morgan fingerprint density at radius 3 is 1.75 bits per heavy atom. The SMILES string of the molecule is CCCN1C(=CC=CC=CC2=[N+](CCC)C3=CCCC=C3C2(C)Cc2ccc(-c3ccccc3)cc2)C(C)(Cc2ccc(-c3ccccc3)cc2)c2ccccc21. The molecule has 3 aliphatic rings. The summed E-state index contributed by atoms with van der Waals surface area (Å²) < 4.78 is 2.61. The minimum Gasteiger partial charge on any atom is -0.344 e. The first-order valence-electron chi connectivity index (χ1n) is 21.2. The van der Waals surface area contributed by atoms with Crippen LogP contribution in [0, 0.1) is 5.41 Å². The van der Waals surface area contributed by atoms with E-state index in [1.54, 1.807) is 0 Å². The van der Waals surface area contributed by atoms with Gasteiger partial charge in [-0.2, -0.15) is 4.58 Å². The number of hydrogen-bond acceptors (Lipinski definition) is 1. The van der Waals surface area contributed by atoms with Crippen LogP contribution in [0.2, 0.25) is 0 Å². The van der Waals surface area contributed by atoms with Gasteiger partial charge in [0.05, 0.1) is 5.41 Å². The van der Waals surface area contributed by atoms with Crippen molar-refractivity contribution < 1.29 is 4.58 Å². The summed E-state index contributed by atoms with van der Waals surface area (Å²) in [6.45, 7) is 11.5. The number of rotatable bonds is 13. The van der Waals surface area contributed by atoms with Crippen LogP contribution in [0.3, 0.4) is 0 Å². The van der Waals surface area contributed by atoms with Crippen molar-refractivity contribution in [2.45, 2.75) is 71.6 Å². The summed E-state index contributed by atoms with van der Waals surface area (Å²) in [6, 6.07) is 48.9. The molecule has 286 valence electrons. The number of nitrogens with zero attached hydrogens (tertiary/aromatic N) is 2. The van der Waals surface area contributed by atoms with Crippen molar-refractivity contribution in [1.29, 1.82) is 0 Å². The summed E-state index contributed by atoms with van der Waals surface area (Å²) in [5.41, 5.74) is 15.9. The van der Waals surface area contributed by atoms with E-state index in [4.69, 9.17) is 0 Å². The largest absolute Gasteiger partial charge is 0.344 e. The molecule has 2 heteroatoms. The fourth-order valence-electron chi connectivity index (χ4n) is 9.65. The molecule has 0 bridgehead atoms. The summed E-state index contributed by atoms with van der Waals surface area (Å²) >= 11 is 0. The molecule has 0 amide bonds. The second kappa shape index (κ2) is 16.8. The molecular formula is C55H57N2+. The Kier molecular flexibility index (Phi) is 11.2. The molecule has 0 aromatic heterocycles. The number of para-hydroxylation sites is 1. The molecule has 2 aliphatic heterocycles. The highest BCUT2D eigenvalue weighted by Gasteiger charge is 2.50. The molecule has 0 N–H and O–H groups in total. The van der Waals surface area contributed by atoms with Crippen LogP contribution in [-0.2, 0) is 18.3 Å². The number of hydrogen-bond donors (Lipinski definition) is 0. The first-order valence-corrected chi connectivity index (χ1v) is 21.2. The van der Waals surface area contributed by atoms with Gasteiger partial charge in [-0.3, -0.25) is 0 Å². The van der Waals surface area contributed by atoms with E-state index in [0.717, 1.165) is 51.6 Å². The summed E-state index contributed by atoms with van der Waals surface area (Å²) in [4.78, 5) is 2.57. The zero-order valence-electron chi connectivity index (χ0n) is 34.3. The summed E-state index contributed by atoms with van der Waals surface area (Å²) in [5.74, 6) is 0. The molecule has 1 aliphatic carbocycles. The van der Waals surface area contributed by atoms with Gasteiger partial charge >= 0.3 is 0 Å². The van der Waals surface area contributed by atoms with Crippen molar-refractivity contribution in [1.82, 2.24) is 0 Å². The molecule has 0 saturated carbocycles. The highest BCUT2D eigenvalue weighted by Crippen LogP contribution is 2.50. The minimum absolute atomic E-state index is 0.113. The third-order valence-corrected chi connectivity index (χ3v) is 12.4. The van der Waals surface area contributed by atoms with Gasteiger partial charge in [0.2, 0.25) is 5.70 Å². The molecular weight excluding hydrogens is 689 g/mol. The van der Waals surface area contributed by atoms with Crippen molar-refractivity contribution in [3.63, 3.8) is 0 Å². The first kappa shape index (κ1) is 38.2. The van der Waals surface area contributed by atoms with E-state index in [9.17, 15) is 0 Å². The molecule has 0 saturated heterocycles. The Bertz CT molecular complexity index is 2370. The average molecular weight is 746 g/mol. The smallest absolute Gasteiger partial charge is 0.205 e. The van der Waals surface area contributed by atoms with Crippen molar-refractivity contribution >= 4 is 11.4 Å². The van der Waals surface area contributed by atoms with Gasteiger partial charge in [0.1, 0.15) is 6.54 Å². The van der Waals surface area contributed by atoms with Crippen LogP contribution >= 0.6 is 0 Å². The maximum atomic E-state index is 2.61. The third kappa shape index (κ3) is 7.58. The topological polar surface area (TPSA) is 6.25 Å². The molecule has 2 nitrogen and oxygen atoms in total. The van der Waals surface area contributed by atoms with Gasteiger partial charge in [0, 0.05) is 41.4 Å². The summed E-state index contributed by atoms with van der Waals surface area (Å²) in [5, 5.41) is 0. The lowest BCUT2D eigenvalue weighted by Crippen LogP contribution is -2.31. The van der Waals surface area contributed by atoms with E-state index in [-0.39, 0.29) is 10.8 Å². The third-order valence-electron chi connectivity index (χ3n) is 12.4. The molecule has 2 unspecified atom stereocenters. The highest BCUT2D eigenvalue weighted by atomic mass is 15.2. The Balaban J connectivity index is 1.10. The molecule has 2 atom stereocenters. The first-order chi connectivity index (χ1) is 27.9. The van der Waals surface area contributed by atoms with Crippen LogP contribution in [0.4, 0.5) is 5.69 Å². The molecule has 5 aromatic carbocycles. The number of allylic oxidation sites excluding steroid dienone is 9. The Labute approximate surface area is 341 Å². The number of benzene rings is 5. The Hall–Kier alpha value is -5.73. The van der Waals surface area contributed by atoms with E-state index < -0.39 is 0 Å². The fraction of sp³-hybridized carbons (Fsp3) is 0.255. The lowest BCUT2D eigenvalue weighted by atomic mass is 9.72. The van der Waals surface area contributed by atoms with E-state index in [0.29, 0.717) is 0 Å². The molecule has 2 heterocycles. The second-order valence-corrected chi connectivity index (χ2v) is 16.4. The fourth-order valence-corrected chi connectivity index (χ4v) is 9.65. The van der Waals surface area contributed by atoms with E-state index in [1.807, 2.05) is 0 Å². The lowest BCUT2D eigenvalue weighted by molar-refractivity contribution is -0.468. The quantitative estimate of drug-likeness (QED) is 0.0859. The van der Waals surface area contributed by atoms with Gasteiger partial charge in [0.25, 0.3) is 0 Å².